The normalized spacial score (nSPS) is 17.5. The van der Waals surface area contributed by atoms with E-state index in [9.17, 15) is 0 Å². The lowest BCUT2D eigenvalue weighted by Crippen LogP contribution is -2.47. The number of rotatable bonds is 5. The number of anilines is 1. The van der Waals surface area contributed by atoms with Gasteiger partial charge in [0.05, 0.1) is 12.8 Å². The molecule has 0 saturated carbocycles. The number of ether oxygens (including phenoxy) is 1. The van der Waals surface area contributed by atoms with Gasteiger partial charge in [-0.3, -0.25) is 4.90 Å². The van der Waals surface area contributed by atoms with E-state index in [-0.39, 0.29) is 0 Å². The van der Waals surface area contributed by atoms with Crippen LogP contribution in [0.1, 0.15) is 11.3 Å². The number of piperazine rings is 1. The number of aromatic nitrogens is 1. The SMILES string of the molecule is COc1ccccc1N1CCN(CCn2c3c(c4ccccc42)CNCC3)CC1. The molecule has 1 N–H and O–H groups in total. The van der Waals surface area contributed by atoms with Crippen LogP contribution in [0.5, 0.6) is 5.75 Å². The summed E-state index contributed by atoms with van der Waals surface area (Å²) in [6.07, 6.45) is 1.13. The molecular formula is C24H30N4O. The van der Waals surface area contributed by atoms with E-state index in [4.69, 9.17) is 4.74 Å². The van der Waals surface area contributed by atoms with Gasteiger partial charge in [0.1, 0.15) is 5.75 Å². The van der Waals surface area contributed by atoms with Gasteiger partial charge in [-0.05, 0) is 23.8 Å². The molecule has 2 aromatic carbocycles. The standard InChI is InChI=1S/C24H30N4O/c1-29-24-9-5-4-8-23(24)27-15-12-26(13-16-27)14-17-28-21-7-3-2-6-19(21)20-18-25-11-10-22(20)28/h2-9,25H,10-18H2,1H3. The minimum atomic E-state index is 0.972. The van der Waals surface area contributed by atoms with Crippen LogP contribution < -0.4 is 15.0 Å². The van der Waals surface area contributed by atoms with Crippen molar-refractivity contribution in [1.29, 1.82) is 0 Å². The molecule has 3 aromatic rings. The zero-order chi connectivity index (χ0) is 19.6. The van der Waals surface area contributed by atoms with Crippen LogP contribution in [0.3, 0.4) is 0 Å². The van der Waals surface area contributed by atoms with Gasteiger partial charge in [0.25, 0.3) is 0 Å². The molecule has 29 heavy (non-hydrogen) atoms. The Morgan fingerprint density at radius 3 is 2.59 bits per heavy atom. The van der Waals surface area contributed by atoms with Gasteiger partial charge >= 0.3 is 0 Å². The highest BCUT2D eigenvalue weighted by atomic mass is 16.5. The molecule has 5 rings (SSSR count). The van der Waals surface area contributed by atoms with Crippen molar-refractivity contribution < 1.29 is 4.74 Å². The Hall–Kier alpha value is -2.50. The molecule has 0 unspecified atom stereocenters. The number of hydrogen-bond donors (Lipinski definition) is 1. The van der Waals surface area contributed by atoms with E-state index in [0.29, 0.717) is 0 Å². The molecule has 1 aromatic heterocycles. The molecule has 1 saturated heterocycles. The number of methoxy groups -OCH3 is 1. The van der Waals surface area contributed by atoms with E-state index in [0.717, 1.165) is 64.5 Å². The molecule has 0 bridgehead atoms. The molecule has 2 aliphatic rings. The first-order valence-corrected chi connectivity index (χ1v) is 10.7. The molecule has 2 aliphatic heterocycles. The third-order valence-corrected chi connectivity index (χ3v) is 6.47. The van der Waals surface area contributed by atoms with Crippen LogP contribution >= 0.6 is 0 Å². The highest BCUT2D eigenvalue weighted by Gasteiger charge is 2.22. The predicted octanol–water partition coefficient (Wildman–Crippen LogP) is 3.12. The van der Waals surface area contributed by atoms with Gasteiger partial charge in [-0.2, -0.15) is 0 Å². The van der Waals surface area contributed by atoms with Crippen LogP contribution in [-0.2, 0) is 19.5 Å². The minimum absolute atomic E-state index is 0.972. The quantitative estimate of drug-likeness (QED) is 0.726. The summed E-state index contributed by atoms with van der Waals surface area (Å²) in [5, 5.41) is 4.97. The minimum Gasteiger partial charge on any atom is -0.495 e. The fraction of sp³-hybridized carbons (Fsp3) is 0.417. The number of benzene rings is 2. The van der Waals surface area contributed by atoms with E-state index in [1.165, 1.54) is 27.8 Å². The largest absolute Gasteiger partial charge is 0.495 e. The maximum atomic E-state index is 5.55. The van der Waals surface area contributed by atoms with Crippen molar-refractivity contribution in [1.82, 2.24) is 14.8 Å². The van der Waals surface area contributed by atoms with Crippen molar-refractivity contribution in [2.75, 3.05) is 51.3 Å². The summed E-state index contributed by atoms with van der Waals surface area (Å²) in [4.78, 5) is 5.06. The van der Waals surface area contributed by atoms with Gasteiger partial charge in [0, 0.05) is 75.4 Å². The Morgan fingerprint density at radius 2 is 1.72 bits per heavy atom. The maximum Gasteiger partial charge on any atom is 0.142 e. The van der Waals surface area contributed by atoms with Gasteiger partial charge in [-0.1, -0.05) is 30.3 Å². The summed E-state index contributed by atoms with van der Waals surface area (Å²) in [5.41, 5.74) is 5.66. The molecule has 152 valence electrons. The van der Waals surface area contributed by atoms with Gasteiger partial charge < -0.3 is 19.5 Å². The lowest BCUT2D eigenvalue weighted by molar-refractivity contribution is 0.247. The number of para-hydroxylation sites is 3. The third-order valence-electron chi connectivity index (χ3n) is 6.47. The summed E-state index contributed by atoms with van der Waals surface area (Å²) in [7, 11) is 1.76. The first-order chi connectivity index (χ1) is 14.3. The zero-order valence-electron chi connectivity index (χ0n) is 17.2. The van der Waals surface area contributed by atoms with Gasteiger partial charge in [0.2, 0.25) is 0 Å². The van der Waals surface area contributed by atoms with Gasteiger partial charge in [-0.25, -0.2) is 0 Å². The number of nitrogens with zero attached hydrogens (tertiary/aromatic N) is 3. The average molecular weight is 391 g/mol. The first-order valence-electron chi connectivity index (χ1n) is 10.7. The molecule has 0 aliphatic carbocycles. The zero-order valence-corrected chi connectivity index (χ0v) is 17.2. The highest BCUT2D eigenvalue weighted by Crippen LogP contribution is 2.30. The second-order valence-electron chi connectivity index (χ2n) is 8.02. The summed E-state index contributed by atoms with van der Waals surface area (Å²) in [6.45, 7) is 8.57. The van der Waals surface area contributed by atoms with Crippen LogP contribution in [0.4, 0.5) is 5.69 Å². The van der Waals surface area contributed by atoms with Crippen molar-refractivity contribution in [3.63, 3.8) is 0 Å². The number of fused-ring (bicyclic) bond motifs is 3. The van der Waals surface area contributed by atoms with Crippen LogP contribution in [0.2, 0.25) is 0 Å². The van der Waals surface area contributed by atoms with Crippen molar-refractivity contribution >= 4 is 16.6 Å². The molecule has 5 nitrogen and oxygen atoms in total. The van der Waals surface area contributed by atoms with Gasteiger partial charge in [-0.15, -0.1) is 0 Å². The van der Waals surface area contributed by atoms with Crippen molar-refractivity contribution in [3.8, 4) is 5.75 Å². The highest BCUT2D eigenvalue weighted by molar-refractivity contribution is 5.85. The second kappa shape index (κ2) is 8.09. The summed E-state index contributed by atoms with van der Waals surface area (Å²) >= 11 is 0. The Kier molecular flexibility index (Phi) is 5.17. The van der Waals surface area contributed by atoms with E-state index in [1.54, 1.807) is 7.11 Å². The lowest BCUT2D eigenvalue weighted by Gasteiger charge is -2.36. The van der Waals surface area contributed by atoms with E-state index >= 15 is 0 Å². The summed E-state index contributed by atoms with van der Waals surface area (Å²) in [5.74, 6) is 0.972. The van der Waals surface area contributed by atoms with Crippen LogP contribution in [0, 0.1) is 0 Å². The van der Waals surface area contributed by atoms with E-state index in [1.807, 2.05) is 6.07 Å². The predicted molar refractivity (Wildman–Crippen MR) is 119 cm³/mol. The summed E-state index contributed by atoms with van der Waals surface area (Å²) < 4.78 is 8.13. The molecule has 0 atom stereocenters. The second-order valence-corrected chi connectivity index (χ2v) is 8.02. The Bertz CT molecular complexity index is 988. The monoisotopic (exact) mass is 390 g/mol. The Labute approximate surface area is 172 Å². The van der Waals surface area contributed by atoms with Crippen molar-refractivity contribution in [2.24, 2.45) is 0 Å². The molecule has 0 amide bonds. The fourth-order valence-electron chi connectivity index (χ4n) is 4.93. The molecular weight excluding hydrogens is 360 g/mol. The topological polar surface area (TPSA) is 32.7 Å². The third kappa shape index (κ3) is 3.49. The van der Waals surface area contributed by atoms with E-state index in [2.05, 4.69) is 62.1 Å². The number of hydrogen-bond acceptors (Lipinski definition) is 4. The molecule has 0 spiro atoms. The average Bonchev–Trinajstić information content (AvgIpc) is 3.12. The Morgan fingerprint density at radius 1 is 0.931 bits per heavy atom. The van der Waals surface area contributed by atoms with Crippen LogP contribution in [-0.4, -0.2) is 55.8 Å². The molecule has 3 heterocycles. The Balaban J connectivity index is 1.27. The smallest absolute Gasteiger partial charge is 0.142 e. The van der Waals surface area contributed by atoms with Crippen molar-refractivity contribution in [2.45, 2.75) is 19.5 Å². The lowest BCUT2D eigenvalue weighted by atomic mass is 10.1. The summed E-state index contributed by atoms with van der Waals surface area (Å²) in [6, 6.07) is 17.3. The molecule has 1 fully saturated rings. The van der Waals surface area contributed by atoms with E-state index < -0.39 is 0 Å². The van der Waals surface area contributed by atoms with Crippen molar-refractivity contribution in [3.05, 3.63) is 59.8 Å². The maximum absolute atomic E-state index is 5.55. The van der Waals surface area contributed by atoms with Crippen LogP contribution in [0.15, 0.2) is 48.5 Å². The number of nitrogens with one attached hydrogen (secondary N) is 1. The molecule has 5 heteroatoms. The fourth-order valence-corrected chi connectivity index (χ4v) is 4.93. The molecule has 0 radical (unpaired) electrons. The first kappa shape index (κ1) is 18.5. The van der Waals surface area contributed by atoms with Gasteiger partial charge in [0.15, 0.2) is 0 Å². The van der Waals surface area contributed by atoms with Crippen LogP contribution in [0.25, 0.3) is 10.9 Å².